The van der Waals surface area contributed by atoms with Gasteiger partial charge in [0.25, 0.3) is 0 Å². The molecule has 1 aromatic heterocycles. The molecule has 2 heterocycles. The van der Waals surface area contributed by atoms with Crippen LogP contribution < -0.4 is 5.01 Å². The van der Waals surface area contributed by atoms with E-state index in [1.807, 2.05) is 49.4 Å². The van der Waals surface area contributed by atoms with Gasteiger partial charge in [0.1, 0.15) is 0 Å². The quantitative estimate of drug-likeness (QED) is 0.399. The van der Waals surface area contributed by atoms with Gasteiger partial charge in [-0.25, -0.2) is 5.01 Å². The summed E-state index contributed by atoms with van der Waals surface area (Å²) in [4.78, 5) is 0. The van der Waals surface area contributed by atoms with Crippen molar-refractivity contribution in [3.8, 4) is 17.4 Å². The molecular formula is C27H26N4O. The molecule has 0 amide bonds. The molecule has 1 fully saturated rings. The van der Waals surface area contributed by atoms with Gasteiger partial charge in [0.15, 0.2) is 5.76 Å². The van der Waals surface area contributed by atoms with Crippen molar-refractivity contribution in [3.05, 3.63) is 83.6 Å². The zero-order valence-corrected chi connectivity index (χ0v) is 18.3. The summed E-state index contributed by atoms with van der Waals surface area (Å²) in [5.41, 5.74) is 4.97. The van der Waals surface area contributed by atoms with Crippen molar-refractivity contribution in [3.63, 3.8) is 0 Å². The van der Waals surface area contributed by atoms with Crippen LogP contribution >= 0.6 is 0 Å². The maximum atomic E-state index is 9.58. The van der Waals surface area contributed by atoms with Gasteiger partial charge in [0, 0.05) is 41.5 Å². The zero-order valence-electron chi connectivity index (χ0n) is 18.3. The molecule has 0 unspecified atom stereocenters. The molecule has 0 saturated carbocycles. The molecule has 160 valence electrons. The number of anilines is 1. The molecule has 3 aromatic carbocycles. The number of hydrogen-bond acceptors (Lipinski definition) is 5. The predicted octanol–water partition coefficient (Wildman–Crippen LogP) is 6.08. The Hall–Kier alpha value is -3.62. The van der Waals surface area contributed by atoms with E-state index in [1.54, 1.807) is 0 Å². The van der Waals surface area contributed by atoms with E-state index in [4.69, 9.17) is 4.52 Å². The van der Waals surface area contributed by atoms with Crippen LogP contribution in [0.2, 0.25) is 0 Å². The number of rotatable bonds is 4. The molecule has 5 heteroatoms. The first kappa shape index (κ1) is 20.3. The lowest BCUT2D eigenvalue weighted by molar-refractivity contribution is 0.253. The number of hydrogen-bond donors (Lipinski definition) is 0. The van der Waals surface area contributed by atoms with Gasteiger partial charge in [-0.05, 0) is 31.9 Å². The third-order valence-electron chi connectivity index (χ3n) is 6.29. The van der Waals surface area contributed by atoms with E-state index in [9.17, 15) is 5.26 Å². The summed E-state index contributed by atoms with van der Waals surface area (Å²) in [5.74, 6) is 0.844. The summed E-state index contributed by atoms with van der Waals surface area (Å²) in [7, 11) is 0. The first-order valence-corrected chi connectivity index (χ1v) is 11.2. The van der Waals surface area contributed by atoms with Crippen molar-refractivity contribution in [2.75, 3.05) is 18.1 Å². The molecule has 0 bridgehead atoms. The molecule has 32 heavy (non-hydrogen) atoms. The Morgan fingerprint density at radius 3 is 2.47 bits per heavy atom. The number of hydrazine groups is 1. The Kier molecular flexibility index (Phi) is 5.62. The topological polar surface area (TPSA) is 56.3 Å². The SMILES string of the molecule is Cc1noc(-c2ccccc2)c1CN1CCCCCN1c1ccc(C#N)c2ccccc12. The van der Waals surface area contributed by atoms with Crippen LogP contribution in [0.1, 0.15) is 36.1 Å². The van der Waals surface area contributed by atoms with Gasteiger partial charge in [-0.3, -0.25) is 0 Å². The van der Waals surface area contributed by atoms with Crippen LogP contribution in [0.25, 0.3) is 22.1 Å². The van der Waals surface area contributed by atoms with Crippen LogP contribution in [0, 0.1) is 18.3 Å². The molecule has 1 aliphatic rings. The summed E-state index contributed by atoms with van der Waals surface area (Å²) >= 11 is 0. The second kappa shape index (κ2) is 8.86. The molecular weight excluding hydrogens is 396 g/mol. The molecule has 0 atom stereocenters. The second-order valence-electron chi connectivity index (χ2n) is 8.30. The fourth-order valence-corrected chi connectivity index (χ4v) is 4.61. The van der Waals surface area contributed by atoms with Gasteiger partial charge in [-0.2, -0.15) is 5.26 Å². The van der Waals surface area contributed by atoms with Gasteiger partial charge < -0.3 is 9.53 Å². The summed E-state index contributed by atoms with van der Waals surface area (Å²) in [6.07, 6.45) is 3.49. The molecule has 1 saturated heterocycles. The summed E-state index contributed by atoms with van der Waals surface area (Å²) in [6.45, 7) is 4.66. The van der Waals surface area contributed by atoms with E-state index < -0.39 is 0 Å². The van der Waals surface area contributed by atoms with Crippen LogP contribution in [0.5, 0.6) is 0 Å². The van der Waals surface area contributed by atoms with E-state index in [0.717, 1.165) is 71.5 Å². The molecule has 0 aliphatic carbocycles. The first-order valence-electron chi connectivity index (χ1n) is 11.2. The number of nitriles is 1. The molecule has 5 nitrogen and oxygen atoms in total. The fraction of sp³-hybridized carbons (Fsp3) is 0.259. The Morgan fingerprint density at radius 1 is 0.906 bits per heavy atom. The monoisotopic (exact) mass is 422 g/mol. The first-order chi connectivity index (χ1) is 15.8. The third kappa shape index (κ3) is 3.74. The highest BCUT2D eigenvalue weighted by atomic mass is 16.5. The standard InChI is InChI=1S/C27H26N4O/c1-20-25(27(32-29-20)21-10-4-2-5-11-21)19-30-16-8-3-9-17-31(30)26-15-14-22(18-28)23-12-6-7-13-24(23)26/h2,4-7,10-15H,3,8-9,16-17,19H2,1H3. The number of aromatic nitrogens is 1. The van der Waals surface area contributed by atoms with E-state index >= 15 is 0 Å². The number of nitrogens with zero attached hydrogens (tertiary/aromatic N) is 4. The van der Waals surface area contributed by atoms with Gasteiger partial charge in [0.05, 0.1) is 23.0 Å². The Bertz CT molecular complexity index is 1270. The lowest BCUT2D eigenvalue weighted by Crippen LogP contribution is -2.42. The van der Waals surface area contributed by atoms with Gasteiger partial charge in [-0.15, -0.1) is 0 Å². The van der Waals surface area contributed by atoms with Gasteiger partial charge in [0.2, 0.25) is 0 Å². The zero-order chi connectivity index (χ0) is 21.9. The number of benzene rings is 3. The molecule has 0 radical (unpaired) electrons. The van der Waals surface area contributed by atoms with Crippen LogP contribution in [-0.2, 0) is 6.54 Å². The third-order valence-corrected chi connectivity index (χ3v) is 6.29. The van der Waals surface area contributed by atoms with Crippen LogP contribution in [0.3, 0.4) is 0 Å². The Labute approximate surface area is 188 Å². The summed E-state index contributed by atoms with van der Waals surface area (Å²) in [6, 6.07) is 24.8. The van der Waals surface area contributed by atoms with Gasteiger partial charge >= 0.3 is 0 Å². The minimum atomic E-state index is 0.715. The minimum Gasteiger partial charge on any atom is -0.356 e. The Balaban J connectivity index is 1.56. The van der Waals surface area contributed by atoms with Crippen molar-refractivity contribution in [1.29, 1.82) is 5.26 Å². The Morgan fingerprint density at radius 2 is 1.66 bits per heavy atom. The maximum Gasteiger partial charge on any atom is 0.171 e. The van der Waals surface area contributed by atoms with Crippen LogP contribution in [0.4, 0.5) is 5.69 Å². The van der Waals surface area contributed by atoms with Crippen LogP contribution in [-0.4, -0.2) is 23.3 Å². The molecule has 5 rings (SSSR count). The highest BCUT2D eigenvalue weighted by molar-refractivity contribution is 5.97. The second-order valence-corrected chi connectivity index (χ2v) is 8.30. The molecule has 0 N–H and O–H groups in total. The molecule has 4 aromatic rings. The van der Waals surface area contributed by atoms with E-state index in [2.05, 4.69) is 45.5 Å². The van der Waals surface area contributed by atoms with Crippen molar-refractivity contribution in [2.45, 2.75) is 32.7 Å². The smallest absolute Gasteiger partial charge is 0.171 e. The van der Waals surface area contributed by atoms with Crippen molar-refractivity contribution < 1.29 is 4.52 Å². The van der Waals surface area contributed by atoms with E-state index in [1.165, 1.54) is 6.42 Å². The maximum absolute atomic E-state index is 9.58. The van der Waals surface area contributed by atoms with Gasteiger partial charge in [-0.1, -0.05) is 66.2 Å². The predicted molar refractivity (Wildman–Crippen MR) is 127 cm³/mol. The normalized spacial score (nSPS) is 14.9. The summed E-state index contributed by atoms with van der Waals surface area (Å²) in [5, 5.41) is 20.8. The number of fused-ring (bicyclic) bond motifs is 1. The highest BCUT2D eigenvalue weighted by Crippen LogP contribution is 2.34. The summed E-state index contributed by atoms with van der Waals surface area (Å²) < 4.78 is 5.76. The number of aryl methyl sites for hydroxylation is 1. The van der Waals surface area contributed by atoms with E-state index in [-0.39, 0.29) is 0 Å². The largest absolute Gasteiger partial charge is 0.356 e. The molecule has 0 spiro atoms. The minimum absolute atomic E-state index is 0.715. The highest BCUT2D eigenvalue weighted by Gasteiger charge is 2.25. The lowest BCUT2D eigenvalue weighted by atomic mass is 10.0. The van der Waals surface area contributed by atoms with Crippen molar-refractivity contribution in [1.82, 2.24) is 10.2 Å². The van der Waals surface area contributed by atoms with E-state index in [0.29, 0.717) is 5.56 Å². The van der Waals surface area contributed by atoms with Crippen LogP contribution in [0.15, 0.2) is 71.3 Å². The fourth-order valence-electron chi connectivity index (χ4n) is 4.61. The van der Waals surface area contributed by atoms with Crippen molar-refractivity contribution >= 4 is 16.5 Å². The average Bonchev–Trinajstić information content (AvgIpc) is 3.04. The van der Waals surface area contributed by atoms with Crippen molar-refractivity contribution in [2.24, 2.45) is 0 Å². The average molecular weight is 423 g/mol. The molecule has 1 aliphatic heterocycles. The lowest BCUT2D eigenvalue weighted by Gasteiger charge is -2.36.